The van der Waals surface area contributed by atoms with Gasteiger partial charge in [-0.1, -0.05) is 72.8 Å². The highest BCUT2D eigenvalue weighted by Crippen LogP contribution is 2.34. The molecule has 23 heavy (non-hydrogen) atoms. The molecule has 0 amide bonds. The van der Waals surface area contributed by atoms with Crippen molar-refractivity contribution in [1.82, 2.24) is 0 Å². The molecular weight excluding hydrogens is 280 g/mol. The standard InChI is InChI=1S/C18H12.C4H4O/c1-2-8-14-13(7-1)15-9-3-4-11-17(15)18-12-6-5-10-16(14)18;1-2-4-5-3-1/h1-12H;1-4H. The first kappa shape index (κ1) is 13.6. The molecule has 0 N–H and O–H groups in total. The fourth-order valence-corrected chi connectivity index (χ4v) is 3.09. The number of fused-ring (bicyclic) bond motifs is 6. The van der Waals surface area contributed by atoms with E-state index in [1.165, 1.54) is 32.3 Å². The van der Waals surface area contributed by atoms with Gasteiger partial charge >= 0.3 is 0 Å². The predicted molar refractivity (Wildman–Crippen MR) is 97.7 cm³/mol. The number of furan rings is 1. The summed E-state index contributed by atoms with van der Waals surface area (Å²) in [6.45, 7) is 0. The molecule has 0 radical (unpaired) electrons. The van der Waals surface area contributed by atoms with Crippen LogP contribution in [-0.4, -0.2) is 0 Å². The molecule has 0 aliphatic heterocycles. The lowest BCUT2D eigenvalue weighted by Gasteiger charge is -2.09. The van der Waals surface area contributed by atoms with E-state index in [1.54, 1.807) is 12.5 Å². The van der Waals surface area contributed by atoms with Crippen molar-refractivity contribution in [1.29, 1.82) is 0 Å². The number of hydrogen-bond donors (Lipinski definition) is 0. The highest BCUT2D eigenvalue weighted by Gasteiger charge is 2.06. The van der Waals surface area contributed by atoms with Gasteiger partial charge in [0, 0.05) is 0 Å². The van der Waals surface area contributed by atoms with Gasteiger partial charge in [-0.3, -0.25) is 0 Å². The van der Waals surface area contributed by atoms with Gasteiger partial charge in [0.05, 0.1) is 12.5 Å². The van der Waals surface area contributed by atoms with Crippen molar-refractivity contribution < 1.29 is 4.42 Å². The van der Waals surface area contributed by atoms with Gasteiger partial charge in [0.15, 0.2) is 0 Å². The van der Waals surface area contributed by atoms with Gasteiger partial charge in [0.25, 0.3) is 0 Å². The summed E-state index contributed by atoms with van der Waals surface area (Å²) in [6, 6.07) is 29.6. The normalized spacial score (nSPS) is 10.6. The summed E-state index contributed by atoms with van der Waals surface area (Å²) >= 11 is 0. The first-order valence-electron chi connectivity index (χ1n) is 7.70. The lowest BCUT2D eigenvalue weighted by Crippen LogP contribution is -1.81. The quantitative estimate of drug-likeness (QED) is 0.300. The average Bonchev–Trinajstić information content (AvgIpc) is 3.22. The zero-order valence-electron chi connectivity index (χ0n) is 12.6. The largest absolute Gasteiger partial charge is 0.473 e. The van der Waals surface area contributed by atoms with Gasteiger partial charge in [-0.15, -0.1) is 0 Å². The van der Waals surface area contributed by atoms with Crippen molar-refractivity contribution in [3.63, 3.8) is 0 Å². The Morgan fingerprint density at radius 2 is 0.609 bits per heavy atom. The van der Waals surface area contributed by atoms with E-state index in [4.69, 9.17) is 0 Å². The molecule has 4 aromatic carbocycles. The van der Waals surface area contributed by atoms with Crippen molar-refractivity contribution in [2.75, 3.05) is 0 Å². The van der Waals surface area contributed by atoms with Crippen LogP contribution < -0.4 is 0 Å². The molecule has 1 aromatic heterocycles. The lowest BCUT2D eigenvalue weighted by atomic mass is 9.95. The fraction of sp³-hybridized carbons (Fsp3) is 0. The Labute approximate surface area is 134 Å². The fourth-order valence-electron chi connectivity index (χ4n) is 3.09. The third kappa shape index (κ3) is 2.47. The highest BCUT2D eigenvalue weighted by atomic mass is 16.3. The van der Waals surface area contributed by atoms with Crippen LogP contribution in [0.4, 0.5) is 0 Å². The van der Waals surface area contributed by atoms with Crippen LogP contribution >= 0.6 is 0 Å². The Kier molecular flexibility index (Phi) is 3.53. The number of rotatable bonds is 0. The molecule has 0 unspecified atom stereocenters. The van der Waals surface area contributed by atoms with Gasteiger partial charge < -0.3 is 4.42 Å². The SMILES string of the molecule is c1ccc2c(c1)c1ccccc1c1ccccc21.c1ccoc1. The maximum atomic E-state index is 4.58. The topological polar surface area (TPSA) is 13.1 Å². The van der Waals surface area contributed by atoms with Crippen LogP contribution in [0.25, 0.3) is 32.3 Å². The van der Waals surface area contributed by atoms with Crippen LogP contribution in [-0.2, 0) is 0 Å². The first-order valence-corrected chi connectivity index (χ1v) is 7.70. The zero-order chi connectivity index (χ0) is 15.5. The Balaban J connectivity index is 0.000000233. The van der Waals surface area contributed by atoms with E-state index in [0.29, 0.717) is 0 Å². The third-order valence-electron chi connectivity index (χ3n) is 4.08. The number of benzene rings is 4. The van der Waals surface area contributed by atoms with Crippen molar-refractivity contribution in [2.45, 2.75) is 0 Å². The van der Waals surface area contributed by atoms with Crippen LogP contribution in [0.15, 0.2) is 102 Å². The molecule has 0 spiro atoms. The molecule has 0 saturated carbocycles. The van der Waals surface area contributed by atoms with Crippen molar-refractivity contribution in [3.05, 3.63) is 97.5 Å². The van der Waals surface area contributed by atoms with E-state index < -0.39 is 0 Å². The Bertz CT molecular complexity index is 821. The van der Waals surface area contributed by atoms with Crippen LogP contribution in [0.2, 0.25) is 0 Å². The van der Waals surface area contributed by atoms with Gasteiger partial charge in [0.2, 0.25) is 0 Å². The van der Waals surface area contributed by atoms with Crippen molar-refractivity contribution >= 4 is 32.3 Å². The molecule has 1 heterocycles. The molecule has 0 fully saturated rings. The molecule has 1 nitrogen and oxygen atoms in total. The summed E-state index contributed by atoms with van der Waals surface area (Å²) in [5, 5.41) is 8.04. The molecule has 110 valence electrons. The van der Waals surface area contributed by atoms with Crippen LogP contribution in [0.3, 0.4) is 0 Å². The zero-order valence-corrected chi connectivity index (χ0v) is 12.6. The van der Waals surface area contributed by atoms with Crippen LogP contribution in [0, 0.1) is 0 Å². The molecule has 0 atom stereocenters. The van der Waals surface area contributed by atoms with Gasteiger partial charge in [-0.05, 0) is 44.5 Å². The summed E-state index contributed by atoms with van der Waals surface area (Å²) < 4.78 is 4.58. The third-order valence-corrected chi connectivity index (χ3v) is 4.08. The molecule has 1 heteroatoms. The van der Waals surface area contributed by atoms with E-state index in [9.17, 15) is 0 Å². The van der Waals surface area contributed by atoms with E-state index in [2.05, 4.69) is 77.2 Å². The summed E-state index contributed by atoms with van der Waals surface area (Å²) in [7, 11) is 0. The maximum absolute atomic E-state index is 4.58. The summed E-state index contributed by atoms with van der Waals surface area (Å²) in [5.41, 5.74) is 0. The minimum atomic E-state index is 1.34. The Morgan fingerprint density at radius 3 is 0.783 bits per heavy atom. The highest BCUT2D eigenvalue weighted by molar-refractivity contribution is 6.25. The van der Waals surface area contributed by atoms with E-state index in [0.717, 1.165) is 0 Å². The second-order valence-electron chi connectivity index (χ2n) is 5.43. The summed E-state index contributed by atoms with van der Waals surface area (Å²) in [4.78, 5) is 0. The summed E-state index contributed by atoms with van der Waals surface area (Å²) in [6.07, 6.45) is 3.25. The predicted octanol–water partition coefficient (Wildman–Crippen LogP) is 6.43. The minimum absolute atomic E-state index is 1.34. The second kappa shape index (κ2) is 5.98. The van der Waals surface area contributed by atoms with Crippen LogP contribution in [0.1, 0.15) is 0 Å². The Morgan fingerprint density at radius 1 is 0.348 bits per heavy atom. The molecule has 5 rings (SSSR count). The van der Waals surface area contributed by atoms with Gasteiger partial charge in [-0.25, -0.2) is 0 Å². The molecule has 5 aromatic rings. The van der Waals surface area contributed by atoms with E-state index in [1.807, 2.05) is 12.1 Å². The number of hydrogen-bond acceptors (Lipinski definition) is 1. The van der Waals surface area contributed by atoms with Crippen molar-refractivity contribution in [2.24, 2.45) is 0 Å². The first-order chi connectivity index (χ1) is 11.4. The molecule has 0 bridgehead atoms. The summed E-state index contributed by atoms with van der Waals surface area (Å²) in [5.74, 6) is 0. The minimum Gasteiger partial charge on any atom is -0.473 e. The van der Waals surface area contributed by atoms with Crippen molar-refractivity contribution in [3.8, 4) is 0 Å². The molecule has 0 aliphatic carbocycles. The van der Waals surface area contributed by atoms with E-state index in [-0.39, 0.29) is 0 Å². The van der Waals surface area contributed by atoms with Gasteiger partial charge in [0.1, 0.15) is 0 Å². The Hall–Kier alpha value is -3.06. The molecule has 0 aliphatic rings. The monoisotopic (exact) mass is 296 g/mol. The van der Waals surface area contributed by atoms with Gasteiger partial charge in [-0.2, -0.15) is 0 Å². The van der Waals surface area contributed by atoms with E-state index >= 15 is 0 Å². The van der Waals surface area contributed by atoms with Crippen LogP contribution in [0.5, 0.6) is 0 Å². The maximum Gasteiger partial charge on any atom is 0.0902 e. The molecular formula is C22H16O. The lowest BCUT2D eigenvalue weighted by molar-refractivity contribution is 0.567. The molecule has 0 saturated heterocycles. The second-order valence-corrected chi connectivity index (χ2v) is 5.43. The smallest absolute Gasteiger partial charge is 0.0902 e. The average molecular weight is 296 g/mol.